The van der Waals surface area contributed by atoms with Crippen molar-refractivity contribution in [1.82, 2.24) is 0 Å². The third-order valence-corrected chi connectivity index (χ3v) is 3.57. The van der Waals surface area contributed by atoms with Gasteiger partial charge in [0.1, 0.15) is 5.75 Å². The summed E-state index contributed by atoms with van der Waals surface area (Å²) in [5, 5.41) is 9.66. The van der Waals surface area contributed by atoms with Crippen molar-refractivity contribution in [3.63, 3.8) is 0 Å². The summed E-state index contributed by atoms with van der Waals surface area (Å²) < 4.78 is 4.60. The molecule has 0 spiro atoms. The van der Waals surface area contributed by atoms with E-state index in [1.807, 2.05) is 31.2 Å². The highest BCUT2D eigenvalue weighted by atomic mass is 32.1. The van der Waals surface area contributed by atoms with Crippen LogP contribution in [-0.2, 0) is 4.74 Å². The average molecular weight is 248 g/mol. The Morgan fingerprint density at radius 1 is 1.29 bits per heavy atom. The molecule has 3 nitrogen and oxygen atoms in total. The topological polar surface area (TPSA) is 46.5 Å². The molecular formula is C13H12O3S. The van der Waals surface area contributed by atoms with Crippen LogP contribution in [0.25, 0.3) is 10.4 Å². The van der Waals surface area contributed by atoms with Crippen LogP contribution in [0, 0.1) is 6.92 Å². The summed E-state index contributed by atoms with van der Waals surface area (Å²) in [6.45, 7) is 2.01. The molecule has 1 aromatic heterocycles. The highest BCUT2D eigenvalue weighted by Crippen LogP contribution is 2.35. The monoisotopic (exact) mass is 248 g/mol. The quantitative estimate of drug-likeness (QED) is 0.830. The Labute approximate surface area is 103 Å². The Hall–Kier alpha value is -1.81. The van der Waals surface area contributed by atoms with Gasteiger partial charge in [-0.05, 0) is 18.6 Å². The van der Waals surface area contributed by atoms with Gasteiger partial charge >= 0.3 is 5.97 Å². The van der Waals surface area contributed by atoms with Gasteiger partial charge in [-0.15, -0.1) is 11.3 Å². The lowest BCUT2D eigenvalue weighted by Crippen LogP contribution is -1.97. The Morgan fingerprint density at radius 3 is 2.53 bits per heavy atom. The molecule has 0 amide bonds. The second-order valence-electron chi connectivity index (χ2n) is 3.68. The molecule has 0 atom stereocenters. The number of thiophene rings is 1. The molecule has 0 aliphatic carbocycles. The van der Waals surface area contributed by atoms with Gasteiger partial charge in [-0.25, -0.2) is 4.79 Å². The van der Waals surface area contributed by atoms with Crippen molar-refractivity contribution in [2.45, 2.75) is 6.92 Å². The summed E-state index contributed by atoms with van der Waals surface area (Å²) >= 11 is 1.23. The van der Waals surface area contributed by atoms with Crippen molar-refractivity contribution in [3.05, 3.63) is 40.8 Å². The number of ether oxygens (including phenoxy) is 1. The van der Waals surface area contributed by atoms with Crippen molar-refractivity contribution in [2.75, 3.05) is 7.11 Å². The summed E-state index contributed by atoms with van der Waals surface area (Å²) in [6.07, 6.45) is 0. The molecule has 0 radical (unpaired) electrons. The van der Waals surface area contributed by atoms with E-state index in [-0.39, 0.29) is 10.6 Å². The van der Waals surface area contributed by atoms with Crippen molar-refractivity contribution in [1.29, 1.82) is 0 Å². The lowest BCUT2D eigenvalue weighted by molar-refractivity contribution is 0.0603. The summed E-state index contributed by atoms with van der Waals surface area (Å²) in [6, 6.07) is 9.48. The van der Waals surface area contributed by atoms with Crippen molar-refractivity contribution in [3.8, 4) is 16.2 Å². The lowest BCUT2D eigenvalue weighted by atomic mass is 10.1. The van der Waals surface area contributed by atoms with Crippen molar-refractivity contribution >= 4 is 17.3 Å². The Balaban J connectivity index is 2.41. The van der Waals surface area contributed by atoms with Crippen molar-refractivity contribution in [2.24, 2.45) is 0 Å². The van der Waals surface area contributed by atoms with Crippen LogP contribution >= 0.6 is 11.3 Å². The minimum Gasteiger partial charge on any atom is -0.506 e. The van der Waals surface area contributed by atoms with Crippen molar-refractivity contribution < 1.29 is 14.6 Å². The zero-order valence-corrected chi connectivity index (χ0v) is 10.4. The summed E-state index contributed by atoms with van der Waals surface area (Å²) in [5.41, 5.74) is 2.15. The molecule has 0 saturated heterocycles. The maximum Gasteiger partial charge on any atom is 0.351 e. The van der Waals surface area contributed by atoms with E-state index < -0.39 is 5.97 Å². The van der Waals surface area contributed by atoms with Crippen LogP contribution in [0.1, 0.15) is 15.2 Å². The van der Waals surface area contributed by atoms with E-state index in [1.165, 1.54) is 24.0 Å². The second-order valence-corrected chi connectivity index (χ2v) is 4.73. The number of benzene rings is 1. The number of hydrogen-bond acceptors (Lipinski definition) is 4. The first-order valence-electron chi connectivity index (χ1n) is 5.10. The molecule has 1 heterocycles. The summed E-state index contributed by atoms with van der Waals surface area (Å²) in [7, 11) is 1.30. The van der Waals surface area contributed by atoms with E-state index in [4.69, 9.17) is 0 Å². The van der Waals surface area contributed by atoms with Crippen LogP contribution in [0.15, 0.2) is 30.3 Å². The van der Waals surface area contributed by atoms with Crippen LogP contribution in [-0.4, -0.2) is 18.2 Å². The van der Waals surface area contributed by atoms with Crippen LogP contribution in [0.5, 0.6) is 5.75 Å². The van der Waals surface area contributed by atoms with E-state index in [0.29, 0.717) is 0 Å². The number of methoxy groups -OCH3 is 1. The first-order chi connectivity index (χ1) is 8.11. The SMILES string of the molecule is COC(=O)c1sc(-c2ccc(C)cc2)cc1O. The number of hydrogen-bond donors (Lipinski definition) is 1. The molecule has 0 bridgehead atoms. The first kappa shape index (κ1) is 11.7. The molecule has 88 valence electrons. The van der Waals surface area contributed by atoms with Gasteiger partial charge in [-0.2, -0.15) is 0 Å². The lowest BCUT2D eigenvalue weighted by Gasteiger charge is -1.97. The maximum absolute atomic E-state index is 11.4. The molecule has 4 heteroatoms. The minimum atomic E-state index is -0.508. The smallest absolute Gasteiger partial charge is 0.351 e. The van der Waals surface area contributed by atoms with Crippen LogP contribution in [0.4, 0.5) is 0 Å². The van der Waals surface area contributed by atoms with Gasteiger partial charge in [0, 0.05) is 4.88 Å². The van der Waals surface area contributed by atoms with Gasteiger partial charge in [0.2, 0.25) is 0 Å². The molecule has 0 aliphatic rings. The highest BCUT2D eigenvalue weighted by Gasteiger charge is 2.16. The van der Waals surface area contributed by atoms with Gasteiger partial charge < -0.3 is 9.84 Å². The molecule has 1 N–H and O–H groups in total. The molecule has 0 saturated carbocycles. The fourth-order valence-electron chi connectivity index (χ4n) is 1.48. The number of aryl methyl sites for hydroxylation is 1. The van der Waals surface area contributed by atoms with E-state index in [9.17, 15) is 9.90 Å². The molecule has 1 aromatic carbocycles. The Morgan fingerprint density at radius 2 is 1.94 bits per heavy atom. The Bertz CT molecular complexity index is 540. The largest absolute Gasteiger partial charge is 0.506 e. The number of aromatic hydroxyl groups is 1. The maximum atomic E-state index is 11.4. The van der Waals surface area contributed by atoms with Gasteiger partial charge in [0.15, 0.2) is 4.88 Å². The molecule has 17 heavy (non-hydrogen) atoms. The fraction of sp³-hybridized carbons (Fsp3) is 0.154. The summed E-state index contributed by atoms with van der Waals surface area (Å²) in [4.78, 5) is 12.5. The second kappa shape index (κ2) is 4.59. The predicted molar refractivity (Wildman–Crippen MR) is 67.5 cm³/mol. The zero-order valence-electron chi connectivity index (χ0n) is 9.56. The number of esters is 1. The van der Waals surface area contributed by atoms with E-state index in [2.05, 4.69) is 4.74 Å². The number of rotatable bonds is 2. The van der Waals surface area contributed by atoms with Gasteiger partial charge in [-0.1, -0.05) is 29.8 Å². The predicted octanol–water partition coefficient (Wildman–Crippen LogP) is 3.22. The van der Waals surface area contributed by atoms with Gasteiger partial charge in [-0.3, -0.25) is 0 Å². The normalized spacial score (nSPS) is 10.2. The standard InChI is InChI=1S/C13H12O3S/c1-8-3-5-9(6-4-8)11-7-10(14)12(17-11)13(15)16-2/h3-7,14H,1-2H3. The Kier molecular flexibility index (Phi) is 3.15. The van der Waals surface area contributed by atoms with Crippen LogP contribution in [0.2, 0.25) is 0 Å². The van der Waals surface area contributed by atoms with E-state index in [0.717, 1.165) is 10.4 Å². The minimum absolute atomic E-state index is 0.0302. The van der Waals surface area contributed by atoms with E-state index >= 15 is 0 Å². The first-order valence-corrected chi connectivity index (χ1v) is 5.91. The molecule has 0 aliphatic heterocycles. The van der Waals surface area contributed by atoms with Crippen LogP contribution < -0.4 is 0 Å². The third-order valence-electron chi connectivity index (χ3n) is 2.42. The molecule has 0 fully saturated rings. The number of carbonyl (C=O) groups is 1. The van der Waals surface area contributed by atoms with E-state index in [1.54, 1.807) is 6.07 Å². The third kappa shape index (κ3) is 2.31. The molecular weight excluding hydrogens is 236 g/mol. The molecule has 2 aromatic rings. The fourth-order valence-corrected chi connectivity index (χ4v) is 2.46. The van der Waals surface area contributed by atoms with Gasteiger partial charge in [0.05, 0.1) is 7.11 Å². The highest BCUT2D eigenvalue weighted by molar-refractivity contribution is 7.17. The average Bonchev–Trinajstić information content (AvgIpc) is 2.71. The molecule has 0 unspecified atom stereocenters. The molecule has 2 rings (SSSR count). The van der Waals surface area contributed by atoms with Crippen LogP contribution in [0.3, 0.4) is 0 Å². The zero-order chi connectivity index (χ0) is 12.4. The summed E-state index contributed by atoms with van der Waals surface area (Å²) in [5.74, 6) is -0.539. The van der Waals surface area contributed by atoms with Gasteiger partial charge in [0.25, 0.3) is 0 Å². The number of carbonyl (C=O) groups excluding carboxylic acids is 1.